The molecule has 0 bridgehead atoms. The average molecular weight is 318 g/mol. The van der Waals surface area contributed by atoms with E-state index in [2.05, 4.69) is 23.3 Å². The molecular weight excluding hydrogens is 296 g/mol. The largest absolute Gasteiger partial charge is 0.486 e. The van der Waals surface area contributed by atoms with Crippen LogP contribution in [0, 0.1) is 13.8 Å². The predicted molar refractivity (Wildman–Crippen MR) is 89.6 cm³/mol. The number of benzene rings is 1. The highest BCUT2D eigenvalue weighted by Gasteiger charge is 2.13. The van der Waals surface area contributed by atoms with Crippen LogP contribution < -0.4 is 10.1 Å². The van der Waals surface area contributed by atoms with E-state index >= 15 is 0 Å². The minimum absolute atomic E-state index is 0.122. The van der Waals surface area contributed by atoms with Crippen molar-refractivity contribution < 1.29 is 9.53 Å². The Morgan fingerprint density at radius 1 is 1.41 bits per heavy atom. The molecule has 0 aliphatic heterocycles. The van der Waals surface area contributed by atoms with E-state index in [0.29, 0.717) is 12.3 Å². The molecule has 1 amide bonds. The van der Waals surface area contributed by atoms with Crippen molar-refractivity contribution in [2.75, 3.05) is 0 Å². The number of thiazole rings is 1. The maximum atomic E-state index is 12.0. The second-order valence-corrected chi connectivity index (χ2v) is 6.34. The maximum Gasteiger partial charge on any atom is 0.270 e. The smallest absolute Gasteiger partial charge is 0.270 e. The molecule has 0 radical (unpaired) electrons. The van der Waals surface area contributed by atoms with Crippen molar-refractivity contribution in [2.24, 2.45) is 0 Å². The number of rotatable bonds is 6. The molecule has 1 heterocycles. The Hall–Kier alpha value is -1.88. The zero-order chi connectivity index (χ0) is 16.1. The number of nitrogens with one attached hydrogen (secondary N) is 1. The number of carbonyl (C=O) groups is 1. The molecular formula is C17H22N2O2S. The van der Waals surface area contributed by atoms with Gasteiger partial charge in [0.25, 0.3) is 5.91 Å². The highest BCUT2D eigenvalue weighted by atomic mass is 32.1. The number of hydrogen-bond acceptors (Lipinski definition) is 4. The van der Waals surface area contributed by atoms with E-state index in [4.69, 9.17) is 4.74 Å². The SMILES string of the molecule is CCC(C)NC(=O)c1csc(COc2cccc(C)c2C)n1. The summed E-state index contributed by atoms with van der Waals surface area (Å²) in [5.74, 6) is 0.740. The van der Waals surface area contributed by atoms with E-state index in [1.54, 1.807) is 5.38 Å². The molecule has 118 valence electrons. The number of nitrogens with zero attached hydrogens (tertiary/aromatic N) is 1. The molecule has 0 saturated heterocycles. The van der Waals surface area contributed by atoms with Gasteiger partial charge in [-0.2, -0.15) is 0 Å². The number of carbonyl (C=O) groups excluding carboxylic acids is 1. The van der Waals surface area contributed by atoms with Crippen LogP contribution in [0.3, 0.4) is 0 Å². The number of ether oxygens (including phenoxy) is 1. The molecule has 1 aromatic heterocycles. The van der Waals surface area contributed by atoms with E-state index < -0.39 is 0 Å². The lowest BCUT2D eigenvalue weighted by atomic mass is 10.1. The topological polar surface area (TPSA) is 51.2 Å². The van der Waals surface area contributed by atoms with Gasteiger partial charge in [0.15, 0.2) is 0 Å². The molecule has 1 atom stereocenters. The lowest BCUT2D eigenvalue weighted by Gasteiger charge is -2.10. The molecule has 0 aliphatic rings. The van der Waals surface area contributed by atoms with Crippen molar-refractivity contribution >= 4 is 17.2 Å². The fraction of sp³-hybridized carbons (Fsp3) is 0.412. The molecule has 1 aromatic carbocycles. The minimum atomic E-state index is -0.122. The standard InChI is InChI=1S/C17H22N2O2S/c1-5-12(3)18-17(20)14-10-22-16(19-14)9-21-15-8-6-7-11(2)13(15)4/h6-8,10,12H,5,9H2,1-4H3,(H,18,20). The normalized spacial score (nSPS) is 12.0. The van der Waals surface area contributed by atoms with Crippen LogP contribution in [0.1, 0.15) is 46.9 Å². The van der Waals surface area contributed by atoms with Gasteiger partial charge in [-0.3, -0.25) is 4.79 Å². The Kier molecular flexibility index (Phi) is 5.55. The monoisotopic (exact) mass is 318 g/mol. The Labute approximate surface area is 135 Å². The van der Waals surface area contributed by atoms with Gasteiger partial charge in [-0.25, -0.2) is 4.98 Å². The van der Waals surface area contributed by atoms with Crippen LogP contribution in [0.15, 0.2) is 23.6 Å². The van der Waals surface area contributed by atoms with Gasteiger partial charge >= 0.3 is 0 Å². The molecule has 2 rings (SSSR count). The molecule has 0 fully saturated rings. The third kappa shape index (κ3) is 4.07. The van der Waals surface area contributed by atoms with Crippen molar-refractivity contribution in [3.63, 3.8) is 0 Å². The van der Waals surface area contributed by atoms with Gasteiger partial charge in [0.05, 0.1) is 0 Å². The summed E-state index contributed by atoms with van der Waals surface area (Å²) < 4.78 is 5.82. The van der Waals surface area contributed by atoms with Crippen LogP contribution in [-0.2, 0) is 6.61 Å². The van der Waals surface area contributed by atoms with Gasteiger partial charge in [-0.15, -0.1) is 11.3 Å². The van der Waals surface area contributed by atoms with E-state index in [1.807, 2.05) is 32.9 Å². The molecule has 1 unspecified atom stereocenters. The Morgan fingerprint density at radius 3 is 2.91 bits per heavy atom. The predicted octanol–water partition coefficient (Wildman–Crippen LogP) is 3.87. The number of hydrogen-bond donors (Lipinski definition) is 1. The summed E-state index contributed by atoms with van der Waals surface area (Å²) in [5.41, 5.74) is 2.80. The summed E-state index contributed by atoms with van der Waals surface area (Å²) >= 11 is 1.44. The summed E-state index contributed by atoms with van der Waals surface area (Å²) in [4.78, 5) is 16.3. The van der Waals surface area contributed by atoms with Gasteiger partial charge < -0.3 is 10.1 Å². The third-order valence-corrected chi connectivity index (χ3v) is 4.50. The van der Waals surface area contributed by atoms with Gasteiger partial charge in [0.1, 0.15) is 23.1 Å². The van der Waals surface area contributed by atoms with Crippen molar-refractivity contribution in [2.45, 2.75) is 46.8 Å². The quantitative estimate of drug-likeness (QED) is 0.879. The summed E-state index contributed by atoms with van der Waals surface area (Å²) in [6.45, 7) is 8.50. The molecule has 0 saturated carbocycles. The summed E-state index contributed by atoms with van der Waals surface area (Å²) in [7, 11) is 0. The molecule has 0 aliphatic carbocycles. The maximum absolute atomic E-state index is 12.0. The first-order valence-corrected chi connectivity index (χ1v) is 8.33. The number of amides is 1. The van der Waals surface area contributed by atoms with Crippen LogP contribution in [0.4, 0.5) is 0 Å². The molecule has 1 N–H and O–H groups in total. The lowest BCUT2D eigenvalue weighted by Crippen LogP contribution is -2.32. The van der Waals surface area contributed by atoms with Crippen LogP contribution in [0.5, 0.6) is 5.75 Å². The van der Waals surface area contributed by atoms with Crippen LogP contribution in [0.2, 0.25) is 0 Å². The first-order chi connectivity index (χ1) is 10.5. The van der Waals surface area contributed by atoms with E-state index in [0.717, 1.165) is 22.7 Å². The number of aromatic nitrogens is 1. The Balaban J connectivity index is 1.97. The summed E-state index contributed by atoms with van der Waals surface area (Å²) in [6.07, 6.45) is 0.901. The van der Waals surface area contributed by atoms with E-state index in [9.17, 15) is 4.79 Å². The van der Waals surface area contributed by atoms with E-state index in [-0.39, 0.29) is 11.9 Å². The second kappa shape index (κ2) is 7.40. The zero-order valence-corrected chi connectivity index (χ0v) is 14.3. The van der Waals surface area contributed by atoms with Gasteiger partial charge in [0, 0.05) is 11.4 Å². The summed E-state index contributed by atoms with van der Waals surface area (Å²) in [5, 5.41) is 5.49. The van der Waals surface area contributed by atoms with Crippen molar-refractivity contribution in [3.05, 3.63) is 45.4 Å². The van der Waals surface area contributed by atoms with Crippen molar-refractivity contribution in [1.82, 2.24) is 10.3 Å². The Morgan fingerprint density at radius 2 is 2.18 bits per heavy atom. The molecule has 5 heteroatoms. The fourth-order valence-electron chi connectivity index (χ4n) is 1.90. The molecule has 4 nitrogen and oxygen atoms in total. The van der Waals surface area contributed by atoms with Crippen molar-refractivity contribution in [1.29, 1.82) is 0 Å². The zero-order valence-electron chi connectivity index (χ0n) is 13.5. The molecule has 2 aromatic rings. The highest BCUT2D eigenvalue weighted by molar-refractivity contribution is 7.09. The molecule has 22 heavy (non-hydrogen) atoms. The van der Waals surface area contributed by atoms with Gasteiger partial charge in [-0.1, -0.05) is 19.1 Å². The van der Waals surface area contributed by atoms with E-state index in [1.165, 1.54) is 16.9 Å². The van der Waals surface area contributed by atoms with Crippen LogP contribution >= 0.6 is 11.3 Å². The first-order valence-electron chi connectivity index (χ1n) is 7.45. The lowest BCUT2D eigenvalue weighted by molar-refractivity contribution is 0.0934. The van der Waals surface area contributed by atoms with Gasteiger partial charge in [0.2, 0.25) is 0 Å². The third-order valence-electron chi connectivity index (χ3n) is 3.68. The second-order valence-electron chi connectivity index (χ2n) is 5.40. The minimum Gasteiger partial charge on any atom is -0.486 e. The molecule has 0 spiro atoms. The fourth-order valence-corrected chi connectivity index (χ4v) is 2.59. The van der Waals surface area contributed by atoms with Gasteiger partial charge in [-0.05, 0) is 44.4 Å². The van der Waals surface area contributed by atoms with Crippen LogP contribution in [0.25, 0.3) is 0 Å². The Bertz CT molecular complexity index is 652. The van der Waals surface area contributed by atoms with Crippen molar-refractivity contribution in [3.8, 4) is 5.75 Å². The average Bonchev–Trinajstić information content (AvgIpc) is 2.97. The first kappa shape index (κ1) is 16.5. The highest BCUT2D eigenvalue weighted by Crippen LogP contribution is 2.22. The summed E-state index contributed by atoms with van der Waals surface area (Å²) in [6, 6.07) is 6.14. The van der Waals surface area contributed by atoms with Crippen LogP contribution in [-0.4, -0.2) is 16.9 Å². The number of aryl methyl sites for hydroxylation is 1.